The first-order valence-electron chi connectivity index (χ1n) is 9.38. The number of alkyl carbamates (subject to hydrolysis) is 1. The first-order chi connectivity index (χ1) is 13.7. The number of rotatable bonds is 8. The van der Waals surface area contributed by atoms with Crippen molar-refractivity contribution in [3.8, 4) is 5.75 Å². The summed E-state index contributed by atoms with van der Waals surface area (Å²) < 4.78 is 10.8. The van der Waals surface area contributed by atoms with E-state index in [1.165, 1.54) is 0 Å². The second-order valence-corrected chi connectivity index (χ2v) is 7.52. The van der Waals surface area contributed by atoms with Gasteiger partial charge in [-0.25, -0.2) is 9.59 Å². The molecule has 0 saturated heterocycles. The monoisotopic (exact) mass is 397 g/mol. The van der Waals surface area contributed by atoms with Crippen LogP contribution in [0.4, 0.5) is 4.79 Å². The second-order valence-electron chi connectivity index (χ2n) is 7.52. The molecule has 0 radical (unpaired) electrons. The molecule has 2 N–H and O–H groups in total. The van der Waals surface area contributed by atoms with Crippen molar-refractivity contribution in [3.63, 3.8) is 0 Å². The maximum absolute atomic E-state index is 11.8. The van der Waals surface area contributed by atoms with Crippen LogP contribution in [0.25, 0.3) is 6.08 Å². The van der Waals surface area contributed by atoms with Crippen LogP contribution in [0, 0.1) is 0 Å². The molecule has 0 heterocycles. The molecule has 154 valence electrons. The summed E-state index contributed by atoms with van der Waals surface area (Å²) in [5.41, 5.74) is 1.31. The Kier molecular flexibility index (Phi) is 7.83. The van der Waals surface area contributed by atoms with Gasteiger partial charge in [-0.15, -0.1) is 0 Å². The molecule has 2 rings (SSSR count). The van der Waals surface area contributed by atoms with Gasteiger partial charge in [0, 0.05) is 0 Å². The number of carbonyl (C=O) groups excluding carboxylic acids is 1. The lowest BCUT2D eigenvalue weighted by molar-refractivity contribution is -0.139. The Balaban J connectivity index is 1.86. The van der Waals surface area contributed by atoms with E-state index in [2.05, 4.69) is 5.32 Å². The largest absolute Gasteiger partial charge is 0.489 e. The zero-order chi connectivity index (χ0) is 21.3. The lowest BCUT2D eigenvalue weighted by Gasteiger charge is -2.21. The van der Waals surface area contributed by atoms with E-state index in [0.29, 0.717) is 6.61 Å². The number of carbonyl (C=O) groups is 2. The van der Waals surface area contributed by atoms with Crippen LogP contribution in [-0.2, 0) is 16.1 Å². The molecular weight excluding hydrogens is 370 g/mol. The third kappa shape index (κ3) is 8.51. The van der Waals surface area contributed by atoms with Gasteiger partial charge in [-0.1, -0.05) is 54.6 Å². The van der Waals surface area contributed by atoms with E-state index in [4.69, 9.17) is 9.47 Å². The number of carboxylic acids is 1. The van der Waals surface area contributed by atoms with Crippen molar-refractivity contribution in [2.24, 2.45) is 0 Å². The van der Waals surface area contributed by atoms with Gasteiger partial charge in [0.2, 0.25) is 0 Å². The van der Waals surface area contributed by atoms with Crippen LogP contribution in [0.2, 0.25) is 0 Å². The Morgan fingerprint density at radius 2 is 1.72 bits per heavy atom. The number of amides is 1. The molecule has 1 atom stereocenters. The van der Waals surface area contributed by atoms with Crippen molar-refractivity contribution < 1.29 is 24.2 Å². The van der Waals surface area contributed by atoms with Crippen molar-refractivity contribution >= 4 is 18.1 Å². The topological polar surface area (TPSA) is 84.9 Å². The summed E-state index contributed by atoms with van der Waals surface area (Å²) in [6.45, 7) is 5.65. The third-order valence-electron chi connectivity index (χ3n) is 3.80. The van der Waals surface area contributed by atoms with E-state index in [9.17, 15) is 14.7 Å². The maximum atomic E-state index is 11.8. The smallest absolute Gasteiger partial charge is 0.408 e. The Bertz CT molecular complexity index is 823. The molecular formula is C23H27NO5. The van der Waals surface area contributed by atoms with Crippen LogP contribution in [0.3, 0.4) is 0 Å². The molecule has 6 heteroatoms. The van der Waals surface area contributed by atoms with Crippen LogP contribution in [-0.4, -0.2) is 28.8 Å². The molecule has 0 bridgehead atoms. The standard InChI is InChI=1S/C23H27NO5/c1-23(2,3)29-22(27)24-20(21(25)26)11-7-10-17-12-14-19(15-13-17)28-16-18-8-5-4-6-9-18/h4-10,12-15,20H,11,16H2,1-3H3,(H,24,27)(H,25,26)/b10-7-. The lowest BCUT2D eigenvalue weighted by atomic mass is 10.1. The van der Waals surface area contributed by atoms with Gasteiger partial charge in [-0.05, 0) is 50.5 Å². The van der Waals surface area contributed by atoms with Crippen molar-refractivity contribution in [2.45, 2.75) is 45.4 Å². The fraction of sp³-hybridized carbons (Fsp3) is 0.304. The predicted octanol–water partition coefficient (Wildman–Crippen LogP) is 4.65. The van der Waals surface area contributed by atoms with Gasteiger partial charge < -0.3 is 19.9 Å². The molecule has 0 aromatic heterocycles. The van der Waals surface area contributed by atoms with E-state index in [1.54, 1.807) is 32.9 Å². The van der Waals surface area contributed by atoms with Crippen LogP contribution in [0.15, 0.2) is 60.7 Å². The summed E-state index contributed by atoms with van der Waals surface area (Å²) in [6, 6.07) is 16.3. The predicted molar refractivity (Wildman–Crippen MR) is 112 cm³/mol. The minimum atomic E-state index is -1.12. The van der Waals surface area contributed by atoms with Crippen molar-refractivity contribution in [1.29, 1.82) is 0 Å². The quantitative estimate of drug-likeness (QED) is 0.677. The molecule has 2 aromatic carbocycles. The highest BCUT2D eigenvalue weighted by atomic mass is 16.6. The van der Waals surface area contributed by atoms with E-state index in [-0.39, 0.29) is 6.42 Å². The highest BCUT2D eigenvalue weighted by Crippen LogP contribution is 2.15. The summed E-state index contributed by atoms with van der Waals surface area (Å²) in [5.74, 6) is -0.369. The molecule has 6 nitrogen and oxygen atoms in total. The Morgan fingerprint density at radius 1 is 1.07 bits per heavy atom. The number of aliphatic carboxylic acids is 1. The lowest BCUT2D eigenvalue weighted by Crippen LogP contribution is -2.43. The fourth-order valence-corrected chi connectivity index (χ4v) is 2.43. The first-order valence-corrected chi connectivity index (χ1v) is 9.38. The molecule has 0 saturated carbocycles. The van der Waals surface area contributed by atoms with Crippen LogP contribution >= 0.6 is 0 Å². The van der Waals surface area contributed by atoms with E-state index < -0.39 is 23.7 Å². The van der Waals surface area contributed by atoms with E-state index >= 15 is 0 Å². The number of benzene rings is 2. The van der Waals surface area contributed by atoms with Crippen molar-refractivity contribution in [2.75, 3.05) is 0 Å². The van der Waals surface area contributed by atoms with E-state index in [1.807, 2.05) is 54.6 Å². The Morgan fingerprint density at radius 3 is 2.31 bits per heavy atom. The number of hydrogen-bond acceptors (Lipinski definition) is 4. The average molecular weight is 397 g/mol. The summed E-state index contributed by atoms with van der Waals surface area (Å²) >= 11 is 0. The minimum Gasteiger partial charge on any atom is -0.489 e. The highest BCUT2D eigenvalue weighted by Gasteiger charge is 2.22. The molecule has 0 fully saturated rings. The maximum Gasteiger partial charge on any atom is 0.408 e. The first kappa shape index (κ1) is 22.0. The van der Waals surface area contributed by atoms with Gasteiger partial charge in [-0.2, -0.15) is 0 Å². The summed E-state index contributed by atoms with van der Waals surface area (Å²) in [4.78, 5) is 23.1. The summed E-state index contributed by atoms with van der Waals surface area (Å²) in [6.07, 6.45) is 2.89. The average Bonchev–Trinajstić information content (AvgIpc) is 2.66. The normalized spacial score (nSPS) is 12.4. The van der Waals surface area contributed by atoms with Gasteiger partial charge >= 0.3 is 12.1 Å². The number of hydrogen-bond donors (Lipinski definition) is 2. The number of nitrogens with one attached hydrogen (secondary N) is 1. The number of ether oxygens (including phenoxy) is 2. The highest BCUT2D eigenvalue weighted by molar-refractivity contribution is 5.80. The minimum absolute atomic E-state index is 0.140. The van der Waals surface area contributed by atoms with Crippen LogP contribution < -0.4 is 10.1 Å². The molecule has 0 aliphatic heterocycles. The Hall–Kier alpha value is -3.28. The molecule has 29 heavy (non-hydrogen) atoms. The molecule has 1 amide bonds. The zero-order valence-corrected chi connectivity index (χ0v) is 16.9. The van der Waals surface area contributed by atoms with Gasteiger partial charge in [0.25, 0.3) is 0 Å². The van der Waals surface area contributed by atoms with Crippen molar-refractivity contribution in [1.82, 2.24) is 5.32 Å². The Labute approximate surface area is 171 Å². The van der Waals surface area contributed by atoms with Gasteiger partial charge in [0.15, 0.2) is 0 Å². The molecule has 0 aliphatic rings. The second kappa shape index (κ2) is 10.3. The van der Waals surface area contributed by atoms with Gasteiger partial charge in [-0.3, -0.25) is 0 Å². The number of carboxylic acid groups (broad SMARTS) is 1. The molecule has 2 aromatic rings. The summed E-state index contributed by atoms with van der Waals surface area (Å²) in [7, 11) is 0. The zero-order valence-electron chi connectivity index (χ0n) is 16.9. The SMILES string of the molecule is CC(C)(C)OC(=O)NC(C/C=C\c1ccc(OCc2ccccc2)cc1)C(=O)O. The summed E-state index contributed by atoms with van der Waals surface area (Å²) in [5, 5.41) is 11.7. The fourth-order valence-electron chi connectivity index (χ4n) is 2.43. The molecule has 1 unspecified atom stereocenters. The van der Waals surface area contributed by atoms with Gasteiger partial charge in [0.05, 0.1) is 0 Å². The van der Waals surface area contributed by atoms with Crippen LogP contribution in [0.1, 0.15) is 38.3 Å². The van der Waals surface area contributed by atoms with Crippen LogP contribution in [0.5, 0.6) is 5.75 Å². The third-order valence-corrected chi connectivity index (χ3v) is 3.80. The molecule has 0 aliphatic carbocycles. The van der Waals surface area contributed by atoms with E-state index in [0.717, 1.165) is 16.9 Å². The van der Waals surface area contributed by atoms with Gasteiger partial charge in [0.1, 0.15) is 24.0 Å². The molecule has 0 spiro atoms. The van der Waals surface area contributed by atoms with Crippen molar-refractivity contribution in [3.05, 3.63) is 71.8 Å².